The molecule has 3 aromatic rings. The number of fused-ring (bicyclic) bond motifs is 1. The van der Waals surface area contributed by atoms with E-state index in [1.807, 2.05) is 38.1 Å². The summed E-state index contributed by atoms with van der Waals surface area (Å²) in [7, 11) is 0. The summed E-state index contributed by atoms with van der Waals surface area (Å²) in [6.45, 7) is 3.92. The molecule has 1 aromatic heterocycles. The highest BCUT2D eigenvalue weighted by molar-refractivity contribution is 5.68. The highest BCUT2D eigenvalue weighted by Gasteiger charge is 2.24. The lowest BCUT2D eigenvalue weighted by Gasteiger charge is -2.12. The summed E-state index contributed by atoms with van der Waals surface area (Å²) < 4.78 is 11.1. The molecule has 26 heavy (non-hydrogen) atoms. The molecule has 4 rings (SSSR count). The highest BCUT2D eigenvalue weighted by Crippen LogP contribution is 2.36. The van der Waals surface area contributed by atoms with Crippen LogP contribution in [0, 0.1) is 0 Å². The van der Waals surface area contributed by atoms with Gasteiger partial charge in [0.25, 0.3) is 5.89 Å². The van der Waals surface area contributed by atoms with Crippen molar-refractivity contribution in [2.24, 2.45) is 5.73 Å². The van der Waals surface area contributed by atoms with Crippen LogP contribution in [0.1, 0.15) is 37.4 Å². The molecule has 0 aliphatic heterocycles. The number of aromatic nitrogens is 2. The molecule has 1 aliphatic rings. The van der Waals surface area contributed by atoms with Crippen LogP contribution in [0.15, 0.2) is 40.9 Å². The predicted octanol–water partition coefficient (Wildman–Crippen LogP) is 3.72. The lowest BCUT2D eigenvalue weighted by atomic mass is 10.0. The van der Waals surface area contributed by atoms with Crippen LogP contribution >= 0.6 is 0 Å². The molecule has 0 saturated carbocycles. The van der Waals surface area contributed by atoms with Crippen LogP contribution in [-0.4, -0.2) is 16.2 Å². The molecule has 0 fully saturated rings. The van der Waals surface area contributed by atoms with Crippen LogP contribution < -0.4 is 16.2 Å². The number of hydrogen-bond donors (Lipinski definition) is 2. The third-order valence-electron chi connectivity index (χ3n) is 4.60. The molecule has 2 aromatic carbocycles. The number of nitrogens with two attached hydrogens (primary N) is 2. The Bertz CT molecular complexity index is 949. The number of benzene rings is 2. The Morgan fingerprint density at radius 2 is 2.08 bits per heavy atom. The van der Waals surface area contributed by atoms with Crippen molar-refractivity contribution in [1.82, 2.24) is 10.1 Å². The number of hydrogen-bond acceptors (Lipinski definition) is 6. The van der Waals surface area contributed by atoms with Crippen LogP contribution in [0.3, 0.4) is 0 Å². The quantitative estimate of drug-likeness (QED) is 0.696. The fourth-order valence-corrected chi connectivity index (χ4v) is 3.39. The van der Waals surface area contributed by atoms with Crippen molar-refractivity contribution in [2.75, 3.05) is 5.73 Å². The Balaban J connectivity index is 1.67. The topological polar surface area (TPSA) is 100 Å². The molecule has 0 saturated heterocycles. The third-order valence-corrected chi connectivity index (χ3v) is 4.60. The van der Waals surface area contributed by atoms with Crippen LogP contribution in [0.25, 0.3) is 22.8 Å². The number of ether oxygens (including phenoxy) is 1. The molecule has 0 radical (unpaired) electrons. The lowest BCUT2D eigenvalue weighted by molar-refractivity contribution is 0.244. The molecule has 0 bridgehead atoms. The Labute approximate surface area is 152 Å². The van der Waals surface area contributed by atoms with E-state index in [2.05, 4.69) is 16.2 Å². The summed E-state index contributed by atoms with van der Waals surface area (Å²) in [5.41, 5.74) is 16.9. The average Bonchev–Trinajstić information content (AvgIpc) is 3.24. The Kier molecular flexibility index (Phi) is 4.12. The molecule has 0 unspecified atom stereocenters. The molecule has 0 amide bonds. The van der Waals surface area contributed by atoms with Gasteiger partial charge in [-0.15, -0.1) is 0 Å². The van der Waals surface area contributed by atoms with Gasteiger partial charge in [-0.25, -0.2) is 0 Å². The zero-order valence-electron chi connectivity index (χ0n) is 14.9. The second kappa shape index (κ2) is 6.46. The second-order valence-corrected chi connectivity index (χ2v) is 6.86. The van der Waals surface area contributed by atoms with Crippen molar-refractivity contribution in [2.45, 2.75) is 38.8 Å². The molecule has 1 aliphatic carbocycles. The summed E-state index contributed by atoms with van der Waals surface area (Å²) in [4.78, 5) is 4.57. The van der Waals surface area contributed by atoms with E-state index in [-0.39, 0.29) is 12.1 Å². The largest absolute Gasteiger partial charge is 0.489 e. The molecular weight excluding hydrogens is 328 g/mol. The van der Waals surface area contributed by atoms with Crippen LogP contribution in [0.5, 0.6) is 5.75 Å². The van der Waals surface area contributed by atoms with Crippen molar-refractivity contribution in [3.8, 4) is 28.6 Å². The second-order valence-electron chi connectivity index (χ2n) is 6.86. The van der Waals surface area contributed by atoms with Gasteiger partial charge in [-0.2, -0.15) is 4.98 Å². The van der Waals surface area contributed by atoms with Gasteiger partial charge < -0.3 is 20.7 Å². The van der Waals surface area contributed by atoms with E-state index < -0.39 is 0 Å². The van der Waals surface area contributed by atoms with E-state index in [1.165, 1.54) is 11.1 Å². The van der Waals surface area contributed by atoms with E-state index in [1.54, 1.807) is 6.07 Å². The van der Waals surface area contributed by atoms with Gasteiger partial charge in [0.15, 0.2) is 0 Å². The van der Waals surface area contributed by atoms with Gasteiger partial charge in [-0.1, -0.05) is 23.4 Å². The van der Waals surface area contributed by atoms with Gasteiger partial charge in [0, 0.05) is 17.2 Å². The van der Waals surface area contributed by atoms with Gasteiger partial charge in [0.1, 0.15) is 5.75 Å². The number of nitrogens with zero attached hydrogens (tertiary/aromatic N) is 2. The molecular formula is C20H22N4O2. The number of anilines is 1. The summed E-state index contributed by atoms with van der Waals surface area (Å²) >= 11 is 0. The maximum atomic E-state index is 6.16. The molecule has 1 heterocycles. The number of rotatable bonds is 4. The minimum Gasteiger partial charge on any atom is -0.489 e. The van der Waals surface area contributed by atoms with Gasteiger partial charge in [0.2, 0.25) is 5.82 Å². The van der Waals surface area contributed by atoms with Crippen molar-refractivity contribution in [3.05, 3.63) is 47.5 Å². The zero-order chi connectivity index (χ0) is 18.3. The van der Waals surface area contributed by atoms with E-state index in [9.17, 15) is 0 Å². The molecule has 1 atom stereocenters. The minimum absolute atomic E-state index is 0.0599. The number of nitrogen functional groups attached to an aromatic ring is 1. The smallest absolute Gasteiger partial charge is 0.258 e. The first-order valence-electron chi connectivity index (χ1n) is 8.81. The average molecular weight is 350 g/mol. The fraction of sp³-hybridized carbons (Fsp3) is 0.300. The SMILES string of the molecule is CC(C)Oc1ccc(-c2nc(-c3cccc4c3CC[C@@H]4N)no2)cc1N. The van der Waals surface area contributed by atoms with Crippen molar-refractivity contribution in [1.29, 1.82) is 0 Å². The Morgan fingerprint density at radius 3 is 2.85 bits per heavy atom. The highest BCUT2D eigenvalue weighted by atomic mass is 16.5. The van der Waals surface area contributed by atoms with Gasteiger partial charge in [-0.3, -0.25) is 0 Å². The molecule has 6 heteroatoms. The van der Waals surface area contributed by atoms with Crippen LogP contribution in [0.2, 0.25) is 0 Å². The normalized spacial score (nSPS) is 16.1. The first-order chi connectivity index (χ1) is 12.5. The standard InChI is InChI=1S/C20H22N4O2/c1-11(2)25-18-9-6-12(10-17(18)22)20-23-19(24-26-20)15-5-3-4-14-13(15)7-8-16(14)21/h3-6,9-11,16H,7-8,21-22H2,1-2H3/t16-/m0/s1. The summed E-state index contributed by atoms with van der Waals surface area (Å²) in [5, 5.41) is 4.17. The molecule has 4 N–H and O–H groups in total. The third kappa shape index (κ3) is 2.93. The van der Waals surface area contributed by atoms with E-state index in [4.69, 9.17) is 20.7 Å². The van der Waals surface area contributed by atoms with Crippen LogP contribution in [0.4, 0.5) is 5.69 Å². The Morgan fingerprint density at radius 1 is 1.23 bits per heavy atom. The van der Waals surface area contributed by atoms with E-state index in [0.29, 0.717) is 23.2 Å². The van der Waals surface area contributed by atoms with Crippen molar-refractivity contribution >= 4 is 5.69 Å². The fourth-order valence-electron chi connectivity index (χ4n) is 3.39. The first kappa shape index (κ1) is 16.6. The molecule has 6 nitrogen and oxygen atoms in total. The minimum atomic E-state index is 0.0599. The van der Waals surface area contributed by atoms with Crippen LogP contribution in [-0.2, 0) is 6.42 Å². The molecule has 0 spiro atoms. The molecule has 134 valence electrons. The summed E-state index contributed by atoms with van der Waals surface area (Å²) in [6.07, 6.45) is 1.94. The lowest BCUT2D eigenvalue weighted by Crippen LogP contribution is -2.07. The maximum Gasteiger partial charge on any atom is 0.258 e. The van der Waals surface area contributed by atoms with Crippen molar-refractivity contribution in [3.63, 3.8) is 0 Å². The Hall–Kier alpha value is -2.86. The van der Waals surface area contributed by atoms with E-state index >= 15 is 0 Å². The van der Waals surface area contributed by atoms with Gasteiger partial charge in [0.05, 0.1) is 11.8 Å². The summed E-state index contributed by atoms with van der Waals surface area (Å²) in [6, 6.07) is 11.7. The predicted molar refractivity (Wildman–Crippen MR) is 101 cm³/mol. The van der Waals surface area contributed by atoms with Crippen molar-refractivity contribution < 1.29 is 9.26 Å². The van der Waals surface area contributed by atoms with E-state index in [0.717, 1.165) is 24.0 Å². The van der Waals surface area contributed by atoms with Gasteiger partial charge >= 0.3 is 0 Å². The summed E-state index contributed by atoms with van der Waals surface area (Å²) in [5.74, 6) is 1.66. The first-order valence-corrected chi connectivity index (χ1v) is 8.81. The maximum absolute atomic E-state index is 6.16. The zero-order valence-corrected chi connectivity index (χ0v) is 14.9. The monoisotopic (exact) mass is 350 g/mol. The van der Waals surface area contributed by atoms with Gasteiger partial charge in [-0.05, 0) is 56.0 Å².